The lowest BCUT2D eigenvalue weighted by Crippen LogP contribution is -2.28. The lowest BCUT2D eigenvalue weighted by atomic mass is 9.99. The third kappa shape index (κ3) is 7.74. The van der Waals surface area contributed by atoms with Gasteiger partial charge in [0.15, 0.2) is 0 Å². The minimum absolute atomic E-state index is 0.136. The third-order valence-electron chi connectivity index (χ3n) is 6.46. The van der Waals surface area contributed by atoms with Gasteiger partial charge in [0.05, 0.1) is 35.5 Å². The second kappa shape index (κ2) is 13.2. The smallest absolute Gasteiger partial charge is 0.223 e. The average molecular weight is 565 g/mol. The van der Waals surface area contributed by atoms with Crippen molar-refractivity contribution in [1.82, 2.24) is 19.9 Å². The van der Waals surface area contributed by atoms with Gasteiger partial charge in [0.2, 0.25) is 5.95 Å². The molecule has 0 bridgehead atoms. The van der Waals surface area contributed by atoms with Gasteiger partial charge in [0, 0.05) is 42.0 Å². The van der Waals surface area contributed by atoms with Crippen LogP contribution >= 0.6 is 0 Å². The number of hydrogen-bond donors (Lipinski definition) is 2. The fourth-order valence-corrected chi connectivity index (χ4v) is 5.64. The molecule has 2 aromatic heterocycles. The molecule has 4 aromatic rings. The summed E-state index contributed by atoms with van der Waals surface area (Å²) in [4.78, 5) is 16.1. The Hall–Kier alpha value is -3.60. The number of pyridine rings is 1. The van der Waals surface area contributed by atoms with Gasteiger partial charge in [-0.05, 0) is 48.2 Å². The SMILES string of the molecule is C=S(=O)(Cc1ccccc1)Nc1ccc(-c2cc(C(C)C)c3nc(NCCN(C)CCOC)ncc3n2)cc1F. The summed E-state index contributed by atoms with van der Waals surface area (Å²) in [7, 11) is 0.943. The zero-order chi connectivity index (χ0) is 28.7. The maximum atomic E-state index is 15.2. The fourth-order valence-electron chi connectivity index (χ4n) is 4.28. The zero-order valence-corrected chi connectivity index (χ0v) is 24.3. The van der Waals surface area contributed by atoms with E-state index in [2.05, 4.69) is 39.6 Å². The van der Waals surface area contributed by atoms with Crippen LogP contribution in [0.3, 0.4) is 0 Å². The van der Waals surface area contributed by atoms with Crippen molar-refractivity contribution < 1.29 is 13.3 Å². The van der Waals surface area contributed by atoms with Gasteiger partial charge in [-0.1, -0.05) is 50.2 Å². The quantitative estimate of drug-likeness (QED) is 0.216. The van der Waals surface area contributed by atoms with Crippen LogP contribution < -0.4 is 10.0 Å². The van der Waals surface area contributed by atoms with E-state index in [4.69, 9.17) is 14.7 Å². The Labute approximate surface area is 236 Å². The number of nitrogens with one attached hydrogen (secondary N) is 2. The van der Waals surface area contributed by atoms with Crippen LogP contribution in [0.2, 0.25) is 0 Å². The second-order valence-electron chi connectivity index (χ2n) is 10.1. The highest BCUT2D eigenvalue weighted by Gasteiger charge is 2.16. The third-order valence-corrected chi connectivity index (χ3v) is 7.85. The molecule has 1 unspecified atom stereocenters. The van der Waals surface area contributed by atoms with Gasteiger partial charge < -0.3 is 19.7 Å². The van der Waals surface area contributed by atoms with Crippen LogP contribution in [0, 0.1) is 5.82 Å². The Morgan fingerprint density at radius 1 is 1.10 bits per heavy atom. The molecule has 10 heteroatoms. The molecule has 0 fully saturated rings. The molecule has 4 rings (SSSR count). The Bertz CT molecular complexity index is 1550. The maximum absolute atomic E-state index is 15.2. The molecular weight excluding hydrogens is 527 g/mol. The molecule has 0 aliphatic carbocycles. The number of nitrogens with zero attached hydrogens (tertiary/aromatic N) is 4. The van der Waals surface area contributed by atoms with E-state index in [1.807, 2.05) is 43.4 Å². The lowest BCUT2D eigenvalue weighted by Gasteiger charge is -2.17. The normalized spacial score (nSPS) is 13.1. The zero-order valence-electron chi connectivity index (χ0n) is 23.5. The van der Waals surface area contributed by atoms with E-state index >= 15 is 4.39 Å². The van der Waals surface area contributed by atoms with E-state index in [1.165, 1.54) is 6.07 Å². The molecule has 212 valence electrons. The maximum Gasteiger partial charge on any atom is 0.223 e. The van der Waals surface area contributed by atoms with Gasteiger partial charge >= 0.3 is 0 Å². The molecule has 8 nitrogen and oxygen atoms in total. The van der Waals surface area contributed by atoms with E-state index in [-0.39, 0.29) is 17.4 Å². The molecule has 1 atom stereocenters. The monoisotopic (exact) mass is 564 g/mol. The minimum atomic E-state index is -2.79. The summed E-state index contributed by atoms with van der Waals surface area (Å²) in [5, 5.41) is 3.29. The standard InChI is InChI=1S/C30H37FN6O2S/c1-21(2)24-18-27(34-28-19-33-30(35-29(24)28)32-13-14-37(3)15-16-39-4)23-11-12-26(25(31)17-23)36-40(5,38)20-22-9-7-6-8-10-22/h6-12,17-19,21H,5,13-16,20H2,1-4H3,(H,36,38)(H,32,33,35). The highest BCUT2D eigenvalue weighted by Crippen LogP contribution is 2.30. The van der Waals surface area contributed by atoms with Crippen molar-refractivity contribution in [3.63, 3.8) is 0 Å². The Morgan fingerprint density at radius 2 is 1.88 bits per heavy atom. The largest absolute Gasteiger partial charge is 0.383 e. The molecule has 0 amide bonds. The summed E-state index contributed by atoms with van der Waals surface area (Å²) in [6, 6.07) is 16.1. The van der Waals surface area contributed by atoms with Crippen LogP contribution in [0.4, 0.5) is 16.0 Å². The first-order chi connectivity index (χ1) is 19.1. The highest BCUT2D eigenvalue weighted by molar-refractivity contribution is 8.00. The van der Waals surface area contributed by atoms with Crippen LogP contribution in [0.15, 0.2) is 60.8 Å². The van der Waals surface area contributed by atoms with Crippen LogP contribution in [-0.2, 0) is 20.2 Å². The van der Waals surface area contributed by atoms with Crippen molar-refractivity contribution in [3.05, 3.63) is 77.7 Å². The van der Waals surface area contributed by atoms with E-state index in [1.54, 1.807) is 25.4 Å². The van der Waals surface area contributed by atoms with Crippen LogP contribution in [0.5, 0.6) is 0 Å². The number of aromatic nitrogens is 3. The molecule has 2 N–H and O–H groups in total. The van der Waals surface area contributed by atoms with Gasteiger partial charge in [-0.25, -0.2) is 23.6 Å². The number of fused-ring (bicyclic) bond motifs is 1. The topological polar surface area (TPSA) is 92.3 Å². The van der Waals surface area contributed by atoms with Crippen molar-refractivity contribution in [2.75, 3.05) is 50.4 Å². The summed E-state index contributed by atoms with van der Waals surface area (Å²) >= 11 is 0. The van der Waals surface area contributed by atoms with Crippen LogP contribution in [-0.4, -0.2) is 70.3 Å². The van der Waals surface area contributed by atoms with Gasteiger partial charge in [-0.3, -0.25) is 0 Å². The Morgan fingerprint density at radius 3 is 2.58 bits per heavy atom. The number of methoxy groups -OCH3 is 1. The average Bonchev–Trinajstić information content (AvgIpc) is 2.92. The van der Waals surface area contributed by atoms with E-state index in [9.17, 15) is 4.21 Å². The predicted octanol–water partition coefficient (Wildman–Crippen LogP) is 5.19. The highest BCUT2D eigenvalue weighted by atomic mass is 32.2. The van der Waals surface area contributed by atoms with Crippen molar-refractivity contribution in [2.24, 2.45) is 0 Å². The van der Waals surface area contributed by atoms with E-state index < -0.39 is 15.5 Å². The first kappa shape index (κ1) is 29.4. The van der Waals surface area contributed by atoms with Crippen LogP contribution in [0.1, 0.15) is 30.9 Å². The number of halogens is 1. The lowest BCUT2D eigenvalue weighted by molar-refractivity contribution is 0.163. The van der Waals surface area contributed by atoms with Crippen molar-refractivity contribution in [2.45, 2.75) is 25.5 Å². The molecule has 0 aliphatic heterocycles. The van der Waals surface area contributed by atoms with E-state index in [0.717, 1.165) is 29.7 Å². The molecule has 40 heavy (non-hydrogen) atoms. The van der Waals surface area contributed by atoms with E-state index in [0.29, 0.717) is 35.9 Å². The van der Waals surface area contributed by atoms with Crippen LogP contribution in [0.25, 0.3) is 22.3 Å². The number of benzene rings is 2. The van der Waals surface area contributed by atoms with Crippen molar-refractivity contribution in [3.8, 4) is 11.3 Å². The molecule has 0 spiro atoms. The first-order valence-corrected chi connectivity index (χ1v) is 15.1. The van der Waals surface area contributed by atoms with Crippen molar-refractivity contribution >= 4 is 38.2 Å². The summed E-state index contributed by atoms with van der Waals surface area (Å²) in [5.41, 5.74) is 4.61. The molecule has 2 aromatic carbocycles. The number of ether oxygens (including phenoxy) is 1. The first-order valence-electron chi connectivity index (χ1n) is 13.2. The number of hydrogen-bond acceptors (Lipinski definition) is 7. The number of likely N-dealkylation sites (N-methyl/N-ethyl adjacent to an activating group) is 1. The second-order valence-corrected chi connectivity index (χ2v) is 12.3. The fraction of sp³-hybridized carbons (Fsp3) is 0.333. The van der Waals surface area contributed by atoms with Gasteiger partial charge in [-0.15, -0.1) is 0 Å². The minimum Gasteiger partial charge on any atom is -0.383 e. The number of rotatable bonds is 13. The summed E-state index contributed by atoms with van der Waals surface area (Å²) < 4.78 is 36.1. The summed E-state index contributed by atoms with van der Waals surface area (Å²) in [6.45, 7) is 7.22. The number of anilines is 2. The molecule has 0 saturated heterocycles. The van der Waals surface area contributed by atoms with Gasteiger partial charge in [0.1, 0.15) is 11.3 Å². The van der Waals surface area contributed by atoms with Gasteiger partial charge in [-0.2, -0.15) is 0 Å². The Balaban J connectivity index is 1.54. The summed E-state index contributed by atoms with van der Waals surface area (Å²) in [6.07, 6.45) is 1.70. The molecule has 0 saturated carbocycles. The molecular formula is C30H37FN6O2S. The predicted molar refractivity (Wildman–Crippen MR) is 164 cm³/mol. The van der Waals surface area contributed by atoms with Crippen molar-refractivity contribution in [1.29, 1.82) is 0 Å². The molecule has 0 radical (unpaired) electrons. The Kier molecular flexibility index (Phi) is 9.67. The molecule has 0 aliphatic rings. The molecule has 2 heterocycles. The summed E-state index contributed by atoms with van der Waals surface area (Å²) in [5.74, 6) is 4.17. The van der Waals surface area contributed by atoms with Gasteiger partial charge in [0.25, 0.3) is 0 Å².